The quantitative estimate of drug-likeness (QED) is 0.784. The van der Waals surface area contributed by atoms with Crippen molar-refractivity contribution in [3.8, 4) is 0 Å². The molecule has 0 amide bonds. The Labute approximate surface area is 98.5 Å². The van der Waals surface area contributed by atoms with Crippen molar-refractivity contribution >= 4 is 0 Å². The van der Waals surface area contributed by atoms with Crippen LogP contribution in [0.3, 0.4) is 0 Å². The molecule has 3 heterocycles. The number of nitrogens with one attached hydrogen (secondary N) is 1. The van der Waals surface area contributed by atoms with Crippen LogP contribution in [0.4, 0.5) is 0 Å². The van der Waals surface area contributed by atoms with Crippen molar-refractivity contribution in [3.63, 3.8) is 0 Å². The number of ether oxygens (including phenoxy) is 1. The SMILES string of the molecule is C1COC(CCN2CCC3CCC(C2)N3)C1. The summed E-state index contributed by atoms with van der Waals surface area (Å²) in [5.74, 6) is 0. The van der Waals surface area contributed by atoms with Gasteiger partial charge in [0.15, 0.2) is 0 Å². The molecule has 3 rings (SSSR count). The first-order valence-corrected chi connectivity index (χ1v) is 7.00. The van der Waals surface area contributed by atoms with Crippen molar-refractivity contribution in [2.45, 2.75) is 56.7 Å². The summed E-state index contributed by atoms with van der Waals surface area (Å²) in [6.45, 7) is 4.80. The molecule has 3 saturated heterocycles. The van der Waals surface area contributed by atoms with E-state index in [1.807, 2.05) is 0 Å². The van der Waals surface area contributed by atoms with Crippen LogP contribution in [0.2, 0.25) is 0 Å². The molecule has 3 atom stereocenters. The summed E-state index contributed by atoms with van der Waals surface area (Å²) < 4.78 is 5.69. The van der Waals surface area contributed by atoms with Gasteiger partial charge in [0.05, 0.1) is 6.10 Å². The second-order valence-corrected chi connectivity index (χ2v) is 5.65. The molecule has 3 unspecified atom stereocenters. The van der Waals surface area contributed by atoms with Gasteiger partial charge in [0.2, 0.25) is 0 Å². The van der Waals surface area contributed by atoms with Gasteiger partial charge in [0.1, 0.15) is 0 Å². The summed E-state index contributed by atoms with van der Waals surface area (Å²) in [6, 6.07) is 1.59. The van der Waals surface area contributed by atoms with Crippen LogP contribution in [-0.2, 0) is 4.74 Å². The van der Waals surface area contributed by atoms with Crippen molar-refractivity contribution < 1.29 is 4.74 Å². The summed E-state index contributed by atoms with van der Waals surface area (Å²) in [7, 11) is 0. The lowest BCUT2D eigenvalue weighted by atomic mass is 10.1. The number of fused-ring (bicyclic) bond motifs is 2. The highest BCUT2D eigenvalue weighted by Gasteiger charge is 2.29. The standard InChI is InChI=1S/C13H24N2O/c1-2-13(16-9-1)6-8-15-7-5-11-3-4-12(10-15)14-11/h11-14H,1-10H2. The third-order valence-corrected chi connectivity index (χ3v) is 4.40. The van der Waals surface area contributed by atoms with Gasteiger partial charge in [-0.1, -0.05) is 0 Å². The molecular weight excluding hydrogens is 200 g/mol. The van der Waals surface area contributed by atoms with Crippen molar-refractivity contribution in [2.75, 3.05) is 26.2 Å². The van der Waals surface area contributed by atoms with Crippen molar-refractivity contribution in [1.29, 1.82) is 0 Å². The number of hydrogen-bond donors (Lipinski definition) is 1. The van der Waals surface area contributed by atoms with Crippen LogP contribution in [0.15, 0.2) is 0 Å². The molecule has 3 heteroatoms. The number of nitrogens with zero attached hydrogens (tertiary/aromatic N) is 1. The minimum absolute atomic E-state index is 0.563. The van der Waals surface area contributed by atoms with Crippen LogP contribution in [0, 0.1) is 0 Å². The van der Waals surface area contributed by atoms with Crippen LogP contribution in [0.5, 0.6) is 0 Å². The zero-order valence-corrected chi connectivity index (χ0v) is 10.2. The second kappa shape index (κ2) is 5.03. The predicted molar refractivity (Wildman–Crippen MR) is 64.6 cm³/mol. The number of likely N-dealkylation sites (tertiary alicyclic amines) is 1. The fourth-order valence-corrected chi connectivity index (χ4v) is 3.42. The lowest BCUT2D eigenvalue weighted by Crippen LogP contribution is -2.36. The lowest BCUT2D eigenvalue weighted by molar-refractivity contribution is 0.0912. The van der Waals surface area contributed by atoms with E-state index >= 15 is 0 Å². The van der Waals surface area contributed by atoms with Crippen LogP contribution < -0.4 is 5.32 Å². The Morgan fingerprint density at radius 1 is 1.12 bits per heavy atom. The molecule has 92 valence electrons. The van der Waals surface area contributed by atoms with E-state index in [9.17, 15) is 0 Å². The van der Waals surface area contributed by atoms with Crippen LogP contribution >= 0.6 is 0 Å². The summed E-state index contributed by atoms with van der Waals surface area (Å²) in [5, 5.41) is 3.74. The zero-order chi connectivity index (χ0) is 10.8. The normalized spacial score (nSPS) is 40.1. The van der Waals surface area contributed by atoms with E-state index in [4.69, 9.17) is 4.74 Å². The predicted octanol–water partition coefficient (Wildman–Crippen LogP) is 1.38. The Kier molecular flexibility index (Phi) is 3.46. The first-order chi connectivity index (χ1) is 7.90. The van der Waals surface area contributed by atoms with Gasteiger partial charge in [-0.05, 0) is 45.1 Å². The Balaban J connectivity index is 1.44. The van der Waals surface area contributed by atoms with Gasteiger partial charge in [-0.3, -0.25) is 0 Å². The van der Waals surface area contributed by atoms with Gasteiger partial charge in [0, 0.05) is 31.8 Å². The highest BCUT2D eigenvalue weighted by Crippen LogP contribution is 2.21. The number of rotatable bonds is 3. The molecule has 0 aromatic rings. The molecule has 0 aliphatic carbocycles. The van der Waals surface area contributed by atoms with Crippen molar-refractivity contribution in [2.24, 2.45) is 0 Å². The molecule has 3 fully saturated rings. The van der Waals surface area contributed by atoms with Crippen molar-refractivity contribution in [1.82, 2.24) is 10.2 Å². The molecule has 0 aromatic heterocycles. The molecule has 16 heavy (non-hydrogen) atoms. The third-order valence-electron chi connectivity index (χ3n) is 4.40. The van der Waals surface area contributed by atoms with Crippen LogP contribution in [0.1, 0.15) is 38.5 Å². The molecule has 3 aliphatic heterocycles. The van der Waals surface area contributed by atoms with E-state index in [1.54, 1.807) is 0 Å². The summed E-state index contributed by atoms with van der Waals surface area (Å²) >= 11 is 0. The monoisotopic (exact) mass is 224 g/mol. The third kappa shape index (κ3) is 2.58. The van der Waals surface area contributed by atoms with E-state index in [2.05, 4.69) is 10.2 Å². The topological polar surface area (TPSA) is 24.5 Å². The highest BCUT2D eigenvalue weighted by molar-refractivity contribution is 4.89. The van der Waals surface area contributed by atoms with Crippen LogP contribution in [0.25, 0.3) is 0 Å². The van der Waals surface area contributed by atoms with Crippen LogP contribution in [-0.4, -0.2) is 49.3 Å². The minimum atomic E-state index is 0.563. The fourth-order valence-electron chi connectivity index (χ4n) is 3.42. The van der Waals surface area contributed by atoms with E-state index in [0.29, 0.717) is 6.10 Å². The molecule has 2 bridgehead atoms. The maximum Gasteiger partial charge on any atom is 0.0588 e. The molecule has 3 nitrogen and oxygen atoms in total. The van der Waals surface area contributed by atoms with E-state index in [-0.39, 0.29) is 0 Å². The summed E-state index contributed by atoms with van der Waals surface area (Å²) in [6.07, 6.45) is 8.52. The van der Waals surface area contributed by atoms with Gasteiger partial charge < -0.3 is 15.0 Å². The first-order valence-electron chi connectivity index (χ1n) is 7.00. The molecule has 0 spiro atoms. The zero-order valence-electron chi connectivity index (χ0n) is 10.2. The van der Waals surface area contributed by atoms with Gasteiger partial charge >= 0.3 is 0 Å². The average Bonchev–Trinajstić information content (AvgIpc) is 2.87. The van der Waals surface area contributed by atoms with Gasteiger partial charge in [0.25, 0.3) is 0 Å². The van der Waals surface area contributed by atoms with E-state index in [0.717, 1.165) is 18.7 Å². The molecule has 3 aliphatic rings. The minimum Gasteiger partial charge on any atom is -0.378 e. The van der Waals surface area contributed by atoms with E-state index < -0.39 is 0 Å². The molecule has 0 saturated carbocycles. The largest absolute Gasteiger partial charge is 0.378 e. The first kappa shape index (κ1) is 11.0. The van der Waals surface area contributed by atoms with E-state index in [1.165, 1.54) is 58.2 Å². The second-order valence-electron chi connectivity index (χ2n) is 5.65. The average molecular weight is 224 g/mol. The lowest BCUT2D eigenvalue weighted by Gasteiger charge is -2.25. The van der Waals surface area contributed by atoms with Crippen molar-refractivity contribution in [3.05, 3.63) is 0 Å². The molecule has 1 N–H and O–H groups in total. The molecular formula is C13H24N2O. The Morgan fingerprint density at radius 2 is 2.06 bits per heavy atom. The Hall–Kier alpha value is -0.120. The van der Waals surface area contributed by atoms with Gasteiger partial charge in [-0.2, -0.15) is 0 Å². The number of hydrogen-bond acceptors (Lipinski definition) is 3. The Bertz CT molecular complexity index is 228. The van der Waals surface area contributed by atoms with Gasteiger partial charge in [-0.15, -0.1) is 0 Å². The summed E-state index contributed by atoms with van der Waals surface area (Å²) in [4.78, 5) is 2.65. The smallest absolute Gasteiger partial charge is 0.0588 e. The maximum absolute atomic E-state index is 5.69. The molecule has 0 aromatic carbocycles. The summed E-state index contributed by atoms with van der Waals surface area (Å²) in [5.41, 5.74) is 0. The Morgan fingerprint density at radius 3 is 2.94 bits per heavy atom. The maximum atomic E-state index is 5.69. The molecule has 0 radical (unpaired) electrons. The van der Waals surface area contributed by atoms with Gasteiger partial charge in [-0.25, -0.2) is 0 Å². The highest BCUT2D eigenvalue weighted by atomic mass is 16.5. The fraction of sp³-hybridized carbons (Fsp3) is 1.00.